The van der Waals surface area contributed by atoms with Crippen LogP contribution >= 0.6 is 35.6 Å². The average molecular weight is 516 g/mol. The largest absolute Gasteiger partial charge is 0.353 e. The smallest absolute Gasteiger partial charge is 0.193 e. The van der Waals surface area contributed by atoms with Gasteiger partial charge in [0.15, 0.2) is 15.8 Å². The number of aliphatic imine (C=N–C) groups is 1. The van der Waals surface area contributed by atoms with Gasteiger partial charge in [0.2, 0.25) is 0 Å². The maximum absolute atomic E-state index is 14.1. The highest BCUT2D eigenvalue weighted by atomic mass is 127. The van der Waals surface area contributed by atoms with Crippen LogP contribution in [0.25, 0.3) is 0 Å². The van der Waals surface area contributed by atoms with Crippen molar-refractivity contribution in [3.05, 3.63) is 34.6 Å². The summed E-state index contributed by atoms with van der Waals surface area (Å²) in [5.74, 6) is 0.477. The Bertz CT molecular complexity index is 796. The molecule has 26 heavy (non-hydrogen) atoms. The van der Waals surface area contributed by atoms with E-state index in [2.05, 4.69) is 10.3 Å². The van der Waals surface area contributed by atoms with Crippen LogP contribution in [-0.4, -0.2) is 56.0 Å². The summed E-state index contributed by atoms with van der Waals surface area (Å²) in [5.41, 5.74) is 0.540. The molecular weight excluding hydrogens is 492 g/mol. The molecular formula is C17H24ClFIN3O2S. The van der Waals surface area contributed by atoms with Crippen LogP contribution in [0.15, 0.2) is 23.2 Å². The van der Waals surface area contributed by atoms with E-state index in [1.165, 1.54) is 6.07 Å². The first kappa shape index (κ1) is 21.7. The summed E-state index contributed by atoms with van der Waals surface area (Å²) < 4.78 is 37.6. The van der Waals surface area contributed by atoms with Gasteiger partial charge in [-0.3, -0.25) is 4.99 Å². The van der Waals surface area contributed by atoms with Crippen LogP contribution in [0.2, 0.25) is 5.02 Å². The van der Waals surface area contributed by atoms with Crippen LogP contribution in [0.3, 0.4) is 0 Å². The van der Waals surface area contributed by atoms with Crippen molar-refractivity contribution in [2.24, 2.45) is 4.99 Å². The molecule has 0 amide bonds. The summed E-state index contributed by atoms with van der Waals surface area (Å²) in [6.07, 6.45) is 0.773. The van der Waals surface area contributed by atoms with E-state index >= 15 is 0 Å². The summed E-state index contributed by atoms with van der Waals surface area (Å²) >= 11 is 6.14. The first-order chi connectivity index (χ1) is 11.7. The number of guanidine groups is 1. The Kier molecular flexibility index (Phi) is 6.50. The van der Waals surface area contributed by atoms with Gasteiger partial charge in [-0.15, -0.1) is 24.0 Å². The molecule has 1 saturated carbocycles. The molecule has 3 rings (SSSR count). The second-order valence-corrected chi connectivity index (χ2v) is 10.4. The highest BCUT2D eigenvalue weighted by molar-refractivity contribution is 14.0. The molecule has 1 aliphatic heterocycles. The van der Waals surface area contributed by atoms with E-state index < -0.39 is 14.6 Å². The lowest BCUT2D eigenvalue weighted by Crippen LogP contribution is -2.57. The van der Waals surface area contributed by atoms with Gasteiger partial charge >= 0.3 is 0 Å². The van der Waals surface area contributed by atoms with Crippen molar-refractivity contribution in [2.75, 3.05) is 25.9 Å². The fourth-order valence-electron chi connectivity index (χ4n) is 3.33. The lowest BCUT2D eigenvalue weighted by molar-refractivity contribution is 0.353. The van der Waals surface area contributed by atoms with Gasteiger partial charge in [0.25, 0.3) is 0 Å². The number of hydrogen-bond acceptors (Lipinski definition) is 3. The van der Waals surface area contributed by atoms with E-state index in [0.717, 1.165) is 6.42 Å². The van der Waals surface area contributed by atoms with Crippen LogP contribution in [0, 0.1) is 5.82 Å². The molecule has 2 atom stereocenters. The van der Waals surface area contributed by atoms with Gasteiger partial charge in [0.05, 0.1) is 10.5 Å². The first-order valence-electron chi connectivity index (χ1n) is 8.31. The van der Waals surface area contributed by atoms with Gasteiger partial charge in [-0.25, -0.2) is 12.8 Å². The average Bonchev–Trinajstić information content (AvgIpc) is 3.26. The minimum atomic E-state index is -3.10. The molecule has 1 saturated heterocycles. The van der Waals surface area contributed by atoms with Crippen LogP contribution < -0.4 is 5.32 Å². The van der Waals surface area contributed by atoms with E-state index in [1.807, 2.05) is 4.90 Å². The van der Waals surface area contributed by atoms with Gasteiger partial charge in [-0.2, -0.15) is 0 Å². The predicted octanol–water partition coefficient (Wildman–Crippen LogP) is 3.04. The quantitative estimate of drug-likeness (QED) is 0.374. The molecule has 1 aromatic carbocycles. The van der Waals surface area contributed by atoms with Gasteiger partial charge in [-0.05, 0) is 32.4 Å². The van der Waals surface area contributed by atoms with Crippen molar-refractivity contribution >= 4 is 51.4 Å². The lowest BCUT2D eigenvalue weighted by Gasteiger charge is -2.39. The Labute approximate surface area is 176 Å². The Morgan fingerprint density at radius 1 is 1.42 bits per heavy atom. The molecule has 1 aromatic rings. The number of rotatable bonds is 2. The third-order valence-electron chi connectivity index (χ3n) is 5.03. The summed E-state index contributed by atoms with van der Waals surface area (Å²) in [5, 5.41) is 3.77. The molecule has 2 unspecified atom stereocenters. The van der Waals surface area contributed by atoms with E-state index in [-0.39, 0.29) is 47.5 Å². The first-order valence-corrected chi connectivity index (χ1v) is 10.3. The second-order valence-electron chi connectivity index (χ2n) is 7.28. The number of nitrogens with one attached hydrogen (secondary N) is 1. The predicted molar refractivity (Wildman–Crippen MR) is 114 cm³/mol. The van der Waals surface area contributed by atoms with Crippen LogP contribution in [-0.2, 0) is 9.84 Å². The van der Waals surface area contributed by atoms with E-state index in [4.69, 9.17) is 11.6 Å². The molecule has 1 aliphatic carbocycles. The zero-order valence-corrected chi connectivity index (χ0v) is 18.9. The van der Waals surface area contributed by atoms with E-state index in [9.17, 15) is 12.8 Å². The minimum absolute atomic E-state index is 0. The maximum Gasteiger partial charge on any atom is 0.193 e. The molecule has 0 aromatic heterocycles. The van der Waals surface area contributed by atoms with Crippen molar-refractivity contribution in [1.29, 1.82) is 0 Å². The molecule has 1 N–H and O–H groups in total. The van der Waals surface area contributed by atoms with Crippen LogP contribution in [0.1, 0.15) is 31.7 Å². The standard InChI is InChI=1S/C17H23ClFN3O2S.HI/c1-17(2)10-22(7-8-25(17,23)24)16(20-3)21-14-9-11(14)15-12(18)5-4-6-13(15)19;/h4-6,11,14H,7-10H2,1-3H3,(H,20,21);1H. The molecule has 146 valence electrons. The Hall–Kier alpha value is -0.610. The summed E-state index contributed by atoms with van der Waals surface area (Å²) in [6.45, 7) is 4.26. The van der Waals surface area contributed by atoms with Crippen molar-refractivity contribution < 1.29 is 12.8 Å². The monoisotopic (exact) mass is 515 g/mol. The van der Waals surface area contributed by atoms with Gasteiger partial charge < -0.3 is 10.2 Å². The SMILES string of the molecule is CN=C(NC1CC1c1c(F)cccc1Cl)N1CCS(=O)(=O)C(C)(C)C1.I. The van der Waals surface area contributed by atoms with E-state index in [0.29, 0.717) is 29.6 Å². The molecule has 5 nitrogen and oxygen atoms in total. The minimum Gasteiger partial charge on any atom is -0.353 e. The van der Waals surface area contributed by atoms with Crippen LogP contribution in [0.5, 0.6) is 0 Å². The maximum atomic E-state index is 14.1. The molecule has 2 fully saturated rings. The molecule has 9 heteroatoms. The zero-order valence-electron chi connectivity index (χ0n) is 15.0. The Balaban J connectivity index is 0.00000243. The summed E-state index contributed by atoms with van der Waals surface area (Å²) in [4.78, 5) is 6.25. The number of benzene rings is 1. The fourth-order valence-corrected chi connectivity index (χ4v) is 5.00. The lowest BCUT2D eigenvalue weighted by atomic mass is 10.1. The number of hydrogen-bond donors (Lipinski definition) is 1. The molecule has 0 bridgehead atoms. The molecule has 1 heterocycles. The summed E-state index contributed by atoms with van der Waals surface area (Å²) in [6, 6.07) is 4.77. The van der Waals surface area contributed by atoms with Gasteiger partial charge in [0.1, 0.15) is 5.82 Å². The normalized spacial score (nSPS) is 26.8. The highest BCUT2D eigenvalue weighted by Gasteiger charge is 2.45. The van der Waals surface area contributed by atoms with E-state index in [1.54, 1.807) is 33.0 Å². The summed E-state index contributed by atoms with van der Waals surface area (Å²) in [7, 11) is -1.43. The topological polar surface area (TPSA) is 61.8 Å². The third kappa shape index (κ3) is 4.11. The molecule has 0 spiro atoms. The number of sulfone groups is 1. The Morgan fingerprint density at radius 3 is 2.69 bits per heavy atom. The van der Waals surface area contributed by atoms with Crippen molar-refractivity contribution in [1.82, 2.24) is 10.2 Å². The number of nitrogens with zero attached hydrogens (tertiary/aromatic N) is 2. The highest BCUT2D eigenvalue weighted by Crippen LogP contribution is 2.45. The Morgan fingerprint density at radius 2 is 2.12 bits per heavy atom. The van der Waals surface area contributed by atoms with Crippen LogP contribution in [0.4, 0.5) is 4.39 Å². The number of halogens is 3. The fraction of sp³-hybridized carbons (Fsp3) is 0.588. The molecule has 2 aliphatic rings. The third-order valence-corrected chi connectivity index (χ3v) is 7.89. The zero-order chi connectivity index (χ0) is 18.4. The van der Waals surface area contributed by atoms with Crippen molar-refractivity contribution in [3.8, 4) is 0 Å². The second kappa shape index (κ2) is 7.79. The van der Waals surface area contributed by atoms with Crippen molar-refractivity contribution in [2.45, 2.75) is 37.0 Å². The van der Waals surface area contributed by atoms with Gasteiger partial charge in [-0.1, -0.05) is 17.7 Å². The van der Waals surface area contributed by atoms with Crippen molar-refractivity contribution in [3.63, 3.8) is 0 Å². The van der Waals surface area contributed by atoms with Gasteiger partial charge in [0, 0.05) is 42.7 Å². The molecule has 0 radical (unpaired) electrons.